The second-order valence-corrected chi connectivity index (χ2v) is 9.20. The first-order chi connectivity index (χ1) is 12.2. The van der Waals surface area contributed by atoms with Crippen LogP contribution in [0.25, 0.3) is 11.1 Å². The number of carbonyl (C=O) groups excluding carboxylic acids is 1. The molecule has 1 amide bonds. The van der Waals surface area contributed by atoms with Gasteiger partial charge in [0.1, 0.15) is 17.4 Å². The summed E-state index contributed by atoms with van der Waals surface area (Å²) < 4.78 is 14.6. The minimum Gasteiger partial charge on any atom is -0.369 e. The molecular weight excluding hydrogens is 466 g/mol. The van der Waals surface area contributed by atoms with Crippen LogP contribution in [0, 0.1) is 26.0 Å². The van der Waals surface area contributed by atoms with Crippen molar-refractivity contribution >= 4 is 45.8 Å². The summed E-state index contributed by atoms with van der Waals surface area (Å²) >= 11 is 3.73. The Morgan fingerprint density at radius 3 is 2.81 bits per heavy atom. The molecule has 3 rings (SSSR count). The molecule has 2 atom stereocenters. The zero-order valence-electron chi connectivity index (χ0n) is 14.4. The Hall–Kier alpha value is -1.99. The van der Waals surface area contributed by atoms with Gasteiger partial charge < -0.3 is 5.73 Å². The van der Waals surface area contributed by atoms with Crippen molar-refractivity contribution in [3.63, 3.8) is 0 Å². The SMILES string of the molecule is CC1C(=O)N(C)C(N)=N[C@]1(C)c1cc(-c2ccc(F)c(C#N)c2)c(I)s1. The molecule has 0 bridgehead atoms. The molecule has 1 aromatic carbocycles. The molecule has 1 aliphatic rings. The van der Waals surface area contributed by atoms with Gasteiger partial charge in [-0.15, -0.1) is 11.3 Å². The van der Waals surface area contributed by atoms with Crippen molar-refractivity contribution in [2.75, 3.05) is 7.05 Å². The number of nitrogens with two attached hydrogens (primary N) is 1. The smallest absolute Gasteiger partial charge is 0.234 e. The number of guanidine groups is 1. The molecule has 0 radical (unpaired) electrons. The van der Waals surface area contributed by atoms with E-state index < -0.39 is 11.4 Å². The molecular formula is C18H16FIN4OS. The topological polar surface area (TPSA) is 82.5 Å². The summed E-state index contributed by atoms with van der Waals surface area (Å²) in [6.07, 6.45) is 0. The number of benzene rings is 1. The van der Waals surface area contributed by atoms with Gasteiger partial charge in [-0.05, 0) is 53.3 Å². The Labute approximate surface area is 168 Å². The van der Waals surface area contributed by atoms with E-state index >= 15 is 0 Å². The highest BCUT2D eigenvalue weighted by atomic mass is 127. The molecule has 2 heterocycles. The van der Waals surface area contributed by atoms with Gasteiger partial charge in [0, 0.05) is 17.5 Å². The molecule has 0 saturated heterocycles. The third-order valence-electron chi connectivity index (χ3n) is 4.82. The third kappa shape index (κ3) is 2.89. The number of hydrogen-bond acceptors (Lipinski definition) is 5. The first kappa shape index (κ1) is 18.8. The van der Waals surface area contributed by atoms with E-state index in [4.69, 9.17) is 11.0 Å². The van der Waals surface area contributed by atoms with Gasteiger partial charge in [0.15, 0.2) is 5.96 Å². The van der Waals surface area contributed by atoms with Gasteiger partial charge in [0.05, 0.1) is 14.4 Å². The number of rotatable bonds is 2. The van der Waals surface area contributed by atoms with Crippen LogP contribution in [0.1, 0.15) is 24.3 Å². The zero-order valence-corrected chi connectivity index (χ0v) is 17.4. The fraction of sp³-hybridized carbons (Fsp3) is 0.278. The Balaban J connectivity index is 2.12. The van der Waals surface area contributed by atoms with E-state index in [2.05, 4.69) is 27.6 Å². The minimum absolute atomic E-state index is 0.00219. The third-order valence-corrected chi connectivity index (χ3v) is 7.21. The summed E-state index contributed by atoms with van der Waals surface area (Å²) in [6.45, 7) is 3.74. The van der Waals surface area contributed by atoms with E-state index in [-0.39, 0.29) is 23.3 Å². The average molecular weight is 482 g/mol. The second kappa shape index (κ2) is 6.63. The van der Waals surface area contributed by atoms with Crippen LogP contribution in [0.2, 0.25) is 0 Å². The van der Waals surface area contributed by atoms with Crippen molar-refractivity contribution in [2.24, 2.45) is 16.6 Å². The van der Waals surface area contributed by atoms with E-state index in [1.54, 1.807) is 13.1 Å². The predicted octanol–water partition coefficient (Wildman–Crippen LogP) is 3.67. The second-order valence-electron chi connectivity index (χ2n) is 6.34. The molecule has 0 fully saturated rings. The van der Waals surface area contributed by atoms with E-state index in [9.17, 15) is 9.18 Å². The van der Waals surface area contributed by atoms with Crippen LogP contribution in [-0.4, -0.2) is 23.8 Å². The summed E-state index contributed by atoms with van der Waals surface area (Å²) in [4.78, 5) is 19.4. The molecule has 5 nitrogen and oxygen atoms in total. The molecule has 134 valence electrons. The molecule has 0 aliphatic carbocycles. The van der Waals surface area contributed by atoms with Gasteiger partial charge in [-0.2, -0.15) is 5.26 Å². The summed E-state index contributed by atoms with van der Waals surface area (Å²) in [7, 11) is 1.61. The number of hydrogen-bond donors (Lipinski definition) is 1. The predicted molar refractivity (Wildman–Crippen MR) is 108 cm³/mol. The van der Waals surface area contributed by atoms with Gasteiger partial charge in [-0.1, -0.05) is 13.0 Å². The van der Waals surface area contributed by atoms with Gasteiger partial charge in [0.25, 0.3) is 0 Å². The lowest BCUT2D eigenvalue weighted by Gasteiger charge is -2.37. The Kier molecular flexibility index (Phi) is 4.79. The molecule has 2 N–H and O–H groups in total. The van der Waals surface area contributed by atoms with Crippen LogP contribution in [0.5, 0.6) is 0 Å². The van der Waals surface area contributed by atoms with E-state index in [1.165, 1.54) is 28.4 Å². The van der Waals surface area contributed by atoms with Gasteiger partial charge >= 0.3 is 0 Å². The molecule has 1 aromatic heterocycles. The van der Waals surface area contributed by atoms with Crippen molar-refractivity contribution in [1.82, 2.24) is 4.90 Å². The van der Waals surface area contributed by atoms with Crippen molar-refractivity contribution in [1.29, 1.82) is 5.26 Å². The highest BCUT2D eigenvalue weighted by molar-refractivity contribution is 14.1. The Bertz CT molecular complexity index is 980. The largest absolute Gasteiger partial charge is 0.369 e. The number of nitriles is 1. The maximum absolute atomic E-state index is 13.6. The molecule has 1 unspecified atom stereocenters. The lowest BCUT2D eigenvalue weighted by molar-refractivity contribution is -0.133. The molecule has 2 aromatic rings. The number of nitrogens with zero attached hydrogens (tertiary/aromatic N) is 3. The van der Waals surface area contributed by atoms with Gasteiger partial charge in [-0.3, -0.25) is 9.69 Å². The summed E-state index contributed by atoms with van der Waals surface area (Å²) in [5, 5.41) is 9.06. The standard InChI is InChI=1S/C18H16FIN4OS/c1-9-16(25)24(3)17(22)23-18(9,2)14-7-12(15(20)26-14)10-4-5-13(19)11(6-10)8-21/h4-7,9H,1-3H3,(H2,22,23)/t9?,18-/m0/s1. The summed E-state index contributed by atoms with van der Waals surface area (Å²) in [5.41, 5.74) is 6.80. The quantitative estimate of drug-likeness (QED) is 0.664. The van der Waals surface area contributed by atoms with Crippen LogP contribution < -0.4 is 5.73 Å². The highest BCUT2D eigenvalue weighted by Crippen LogP contribution is 2.44. The Morgan fingerprint density at radius 1 is 1.46 bits per heavy atom. The number of thiophene rings is 1. The fourth-order valence-corrected chi connectivity index (χ4v) is 5.18. The number of carbonyl (C=O) groups is 1. The van der Waals surface area contributed by atoms with Crippen molar-refractivity contribution in [2.45, 2.75) is 19.4 Å². The lowest BCUT2D eigenvalue weighted by Crippen LogP contribution is -2.52. The Morgan fingerprint density at radius 2 is 2.15 bits per heavy atom. The first-order valence-electron chi connectivity index (χ1n) is 7.81. The van der Waals surface area contributed by atoms with Gasteiger partial charge in [0.2, 0.25) is 5.91 Å². The molecule has 0 spiro atoms. The molecule has 8 heteroatoms. The molecule has 1 aliphatic heterocycles. The van der Waals surface area contributed by atoms with Crippen LogP contribution in [0.15, 0.2) is 29.3 Å². The number of amides is 1. The maximum Gasteiger partial charge on any atom is 0.234 e. The molecule has 0 saturated carbocycles. The van der Waals surface area contributed by atoms with Crippen LogP contribution in [0.3, 0.4) is 0 Å². The summed E-state index contributed by atoms with van der Waals surface area (Å²) in [5.74, 6) is -0.807. The first-order valence-corrected chi connectivity index (χ1v) is 9.71. The van der Waals surface area contributed by atoms with Crippen LogP contribution in [0.4, 0.5) is 4.39 Å². The molecule has 26 heavy (non-hydrogen) atoms. The maximum atomic E-state index is 13.6. The minimum atomic E-state index is -0.769. The van der Waals surface area contributed by atoms with Crippen molar-refractivity contribution in [3.05, 3.63) is 43.4 Å². The van der Waals surface area contributed by atoms with E-state index in [0.717, 1.165) is 18.9 Å². The normalized spacial score (nSPS) is 22.9. The van der Waals surface area contributed by atoms with Crippen molar-refractivity contribution in [3.8, 4) is 17.2 Å². The average Bonchev–Trinajstić information content (AvgIpc) is 3.01. The zero-order chi connectivity index (χ0) is 19.2. The summed E-state index contributed by atoms with van der Waals surface area (Å²) in [6, 6.07) is 8.29. The monoisotopic (exact) mass is 482 g/mol. The van der Waals surface area contributed by atoms with E-state index in [1.807, 2.05) is 26.0 Å². The van der Waals surface area contributed by atoms with Crippen LogP contribution in [-0.2, 0) is 10.3 Å². The number of halogens is 2. The lowest BCUT2D eigenvalue weighted by atomic mass is 9.83. The van der Waals surface area contributed by atoms with Crippen molar-refractivity contribution < 1.29 is 9.18 Å². The number of aliphatic imine (C=N–C) groups is 1. The van der Waals surface area contributed by atoms with Gasteiger partial charge in [-0.25, -0.2) is 9.38 Å². The highest BCUT2D eigenvalue weighted by Gasteiger charge is 2.44. The van der Waals surface area contributed by atoms with Crippen LogP contribution >= 0.6 is 33.9 Å². The van der Waals surface area contributed by atoms with E-state index in [0.29, 0.717) is 0 Å². The fourth-order valence-electron chi connectivity index (χ4n) is 2.92.